The van der Waals surface area contributed by atoms with Gasteiger partial charge in [0.05, 0.1) is 5.41 Å². The van der Waals surface area contributed by atoms with Gasteiger partial charge in [0.2, 0.25) is 0 Å². The van der Waals surface area contributed by atoms with Gasteiger partial charge in [-0.2, -0.15) is 0 Å². The van der Waals surface area contributed by atoms with E-state index in [1.54, 1.807) is 0 Å². The van der Waals surface area contributed by atoms with Crippen LogP contribution >= 0.6 is 0 Å². The predicted molar refractivity (Wildman–Crippen MR) is 537 cm³/mol. The van der Waals surface area contributed by atoms with Crippen LogP contribution in [0.1, 0.15) is 322 Å². The van der Waals surface area contributed by atoms with Crippen LogP contribution in [0, 0.1) is 0 Å². The van der Waals surface area contributed by atoms with Crippen LogP contribution in [-0.2, 0) is 48.7 Å². The maximum atomic E-state index is 2.39. The third-order valence-corrected chi connectivity index (χ3v) is 23.6. The Bertz CT molecular complexity index is 4940. The lowest BCUT2D eigenvalue weighted by atomic mass is 9.64. The first-order chi connectivity index (χ1) is 56.9. The fraction of sp³-hybridized carbons (Fsp3) is 0.273. The summed E-state index contributed by atoms with van der Waals surface area (Å²) in [6.45, 7) is 55.2. The van der Waals surface area contributed by atoms with Gasteiger partial charge in [-0.1, -0.05) is 530 Å². The molecule has 0 N–H and O–H groups in total. The number of rotatable bonds is 20. The van der Waals surface area contributed by atoms with Crippen molar-refractivity contribution in [3.05, 3.63) is 423 Å². The predicted octanol–water partition coefficient (Wildman–Crippen LogP) is 33.8. The highest BCUT2D eigenvalue weighted by molar-refractivity contribution is 5.80. The molecule has 0 radical (unpaired) electrons. The van der Waals surface area contributed by atoms with Crippen molar-refractivity contribution in [1.82, 2.24) is 0 Å². The van der Waals surface area contributed by atoms with Crippen LogP contribution in [0.15, 0.2) is 267 Å². The summed E-state index contributed by atoms with van der Waals surface area (Å²) in [6, 6.07) is 101. The maximum absolute atomic E-state index is 2.39. The van der Waals surface area contributed by atoms with E-state index in [4.69, 9.17) is 0 Å². The molecule has 0 amide bonds. The van der Waals surface area contributed by atoms with Crippen molar-refractivity contribution in [1.29, 1.82) is 0 Å². The Kier molecular flexibility index (Phi) is 26.5. The van der Waals surface area contributed by atoms with Crippen LogP contribution in [0.2, 0.25) is 0 Å². The van der Waals surface area contributed by atoms with Gasteiger partial charge in [-0.15, -0.1) is 0 Å². The Labute approximate surface area is 729 Å². The minimum Gasteiger partial charge on any atom is -0.0569 e. The SMILES string of the molecule is CC(C)(C)c1cc(/C=C/c2ccc(/C=C/c3ccc(C(c4ccc(/C=C/c5ccc(/C=C/c6cc(C(C)(C)C)cc(C(C)(C)C)c6)cc5)cc4)(c4ccc(/C=C/c5ccc(/C=C/c6cc(C(C)(C)C)cc(C(C)(C)C)c6)cc5)cc4)c4ccc(/C=C/c5ccc(/C=C/c6cc(C(C)(C)C)cc(C(C)(C)C)c6)cc5)cc4)cc3)cc2)cc(C(C)(C)C)c1. The molecular weight excluding hydrogens is 1450 g/mol. The van der Waals surface area contributed by atoms with Crippen LogP contribution in [0.3, 0.4) is 0 Å². The van der Waals surface area contributed by atoms with E-state index in [9.17, 15) is 0 Å². The Balaban J connectivity index is 0.884. The second kappa shape index (κ2) is 36.1. The molecule has 0 heteroatoms. The maximum Gasteiger partial charge on any atom is 0.0701 e. The molecule has 0 unspecified atom stereocenters. The first-order valence-corrected chi connectivity index (χ1v) is 43.8. The largest absolute Gasteiger partial charge is 0.0701 e. The van der Waals surface area contributed by atoms with E-state index in [1.807, 2.05) is 0 Å². The van der Waals surface area contributed by atoms with Gasteiger partial charge < -0.3 is 0 Å². The molecule has 0 spiro atoms. The van der Waals surface area contributed by atoms with E-state index in [1.165, 1.54) is 111 Å². The van der Waals surface area contributed by atoms with E-state index < -0.39 is 5.41 Å². The van der Waals surface area contributed by atoms with Gasteiger partial charge in [0.25, 0.3) is 0 Å². The topological polar surface area (TPSA) is 0 Å². The summed E-state index contributed by atoms with van der Waals surface area (Å²) in [5, 5.41) is 0. The van der Waals surface area contributed by atoms with E-state index >= 15 is 0 Å². The van der Waals surface area contributed by atoms with Gasteiger partial charge in [0.15, 0.2) is 0 Å². The van der Waals surface area contributed by atoms with Crippen molar-refractivity contribution >= 4 is 97.2 Å². The molecule has 616 valence electrons. The summed E-state index contributed by atoms with van der Waals surface area (Å²) >= 11 is 0. The van der Waals surface area contributed by atoms with E-state index in [0.717, 1.165) is 44.5 Å². The van der Waals surface area contributed by atoms with Crippen LogP contribution in [0.5, 0.6) is 0 Å². The van der Waals surface area contributed by atoms with Crippen LogP contribution in [0.4, 0.5) is 0 Å². The highest BCUT2D eigenvalue weighted by atomic mass is 14.4. The van der Waals surface area contributed by atoms with Crippen LogP contribution < -0.4 is 0 Å². The van der Waals surface area contributed by atoms with E-state index in [-0.39, 0.29) is 43.3 Å². The molecule has 0 nitrogen and oxygen atoms in total. The fourth-order valence-electron chi connectivity index (χ4n) is 15.2. The smallest absolute Gasteiger partial charge is 0.0569 e. The molecule has 0 atom stereocenters. The van der Waals surface area contributed by atoms with Crippen molar-refractivity contribution < 1.29 is 0 Å². The van der Waals surface area contributed by atoms with Crippen LogP contribution in [0.25, 0.3) is 97.2 Å². The van der Waals surface area contributed by atoms with Crippen LogP contribution in [-0.4, -0.2) is 0 Å². The van der Waals surface area contributed by atoms with Crippen molar-refractivity contribution in [3.8, 4) is 0 Å². The first kappa shape index (κ1) is 88.8. The third-order valence-electron chi connectivity index (χ3n) is 23.6. The minimum atomic E-state index is -0.746. The summed E-state index contributed by atoms with van der Waals surface area (Å²) in [7, 11) is 0. The lowest BCUT2D eigenvalue weighted by Crippen LogP contribution is -2.31. The summed E-state index contributed by atoms with van der Waals surface area (Å²) < 4.78 is 0. The molecule has 0 aliphatic rings. The summed E-state index contributed by atoms with van der Waals surface area (Å²) in [4.78, 5) is 0. The Hall–Kier alpha value is -11.4. The molecule has 0 bridgehead atoms. The molecule has 0 saturated carbocycles. The lowest BCUT2D eigenvalue weighted by Gasteiger charge is -2.37. The second-order valence-corrected chi connectivity index (χ2v) is 41.9. The first-order valence-electron chi connectivity index (χ1n) is 43.8. The van der Waals surface area contributed by atoms with Crippen molar-refractivity contribution in [3.63, 3.8) is 0 Å². The van der Waals surface area contributed by atoms with Gasteiger partial charge in [0, 0.05) is 0 Å². The molecular formula is C121H132. The molecule has 12 rings (SSSR count). The zero-order valence-electron chi connectivity index (χ0n) is 77.1. The average molecular weight is 1590 g/mol. The normalized spacial score (nSPS) is 13.4. The Morgan fingerprint density at radius 1 is 0.107 bits per heavy atom. The summed E-state index contributed by atoms with van der Waals surface area (Å²) in [5.74, 6) is 0. The zero-order chi connectivity index (χ0) is 87.1. The Morgan fingerprint density at radius 2 is 0.198 bits per heavy atom. The highest BCUT2D eigenvalue weighted by Gasteiger charge is 2.39. The fourth-order valence-corrected chi connectivity index (χ4v) is 15.2. The molecule has 0 fully saturated rings. The van der Waals surface area contributed by atoms with Gasteiger partial charge >= 0.3 is 0 Å². The van der Waals surface area contributed by atoms with Gasteiger partial charge in [-0.3, -0.25) is 0 Å². The van der Waals surface area contributed by atoms with Crippen molar-refractivity contribution in [2.24, 2.45) is 0 Å². The zero-order valence-corrected chi connectivity index (χ0v) is 77.1. The second-order valence-electron chi connectivity index (χ2n) is 41.9. The minimum absolute atomic E-state index is 0.0520. The molecule has 0 saturated heterocycles. The molecule has 12 aromatic rings. The number of hydrogen-bond donors (Lipinski definition) is 0. The van der Waals surface area contributed by atoms with Gasteiger partial charge in [0.1, 0.15) is 0 Å². The molecule has 121 heavy (non-hydrogen) atoms. The molecule has 0 heterocycles. The van der Waals surface area contributed by atoms with Crippen molar-refractivity contribution in [2.45, 2.75) is 215 Å². The standard InChI is InChI=1S/C121H132/c1-113(2,3)105-73-97(74-106(81-105)114(4,5)6)53-49-89-33-25-85(26-34-89)41-45-93-57-65-101(66-58-93)121(102-67-59-94(60-68-102)46-42-86-27-35-90(36-28-86)50-54-98-75-107(115(7,8)9)82-108(76-98)116(10,11)12,103-69-61-95(62-70-103)47-43-87-29-37-91(38-30-87)51-55-99-77-109(117(13,14)15)83-110(78-99)118(16,17)18)104-71-63-96(64-72-104)48-44-88-31-39-92(40-32-88)52-56-100-79-111(119(19,20)21)84-112(80-100)120(22,23)24/h25-84H,1-24H3/b45-41+,46-42+,47-43+,48-44+,53-49+,54-50+,55-51+,56-52+. The molecule has 0 aliphatic heterocycles. The molecule has 0 aromatic heterocycles. The summed E-state index contributed by atoms with van der Waals surface area (Å²) in [6.07, 6.45) is 35.9. The van der Waals surface area contributed by atoms with Crippen molar-refractivity contribution in [2.75, 3.05) is 0 Å². The van der Waals surface area contributed by atoms with Gasteiger partial charge in [-0.25, -0.2) is 0 Å². The summed E-state index contributed by atoms with van der Waals surface area (Å²) in [5.41, 5.74) is 33.8. The number of benzene rings is 12. The third kappa shape index (κ3) is 23.6. The van der Waals surface area contributed by atoms with E-state index in [2.05, 4.69) is 530 Å². The Morgan fingerprint density at radius 3 is 0.298 bits per heavy atom. The van der Waals surface area contributed by atoms with E-state index in [0.29, 0.717) is 0 Å². The lowest BCUT2D eigenvalue weighted by molar-refractivity contribution is 0.568. The highest BCUT2D eigenvalue weighted by Crippen LogP contribution is 2.47. The molecule has 0 aliphatic carbocycles. The number of hydrogen-bond acceptors (Lipinski definition) is 0. The van der Waals surface area contributed by atoms with Gasteiger partial charge in [-0.05, 0) is 199 Å². The molecule has 12 aromatic carbocycles. The average Bonchev–Trinajstić information content (AvgIpc) is 0.729. The monoisotopic (exact) mass is 1590 g/mol. The quantitative estimate of drug-likeness (QED) is 0.0527.